The number of hydrogen-bond donors (Lipinski definition) is 0. The maximum atomic E-state index is 13.0. The number of hydrogen-bond acceptors (Lipinski definition) is 6. The highest BCUT2D eigenvalue weighted by Crippen LogP contribution is 2.39. The molecule has 3 aromatic rings. The lowest BCUT2D eigenvalue weighted by Crippen LogP contribution is -2.32. The second-order valence-corrected chi connectivity index (χ2v) is 11.2. The first-order valence-corrected chi connectivity index (χ1v) is 14.0. The van der Waals surface area contributed by atoms with Gasteiger partial charge in [-0.15, -0.1) is 0 Å². The van der Waals surface area contributed by atoms with E-state index >= 15 is 0 Å². The van der Waals surface area contributed by atoms with E-state index in [4.69, 9.17) is 37.4 Å². The highest BCUT2D eigenvalue weighted by atomic mass is 35.5. The molecule has 0 bridgehead atoms. The van der Waals surface area contributed by atoms with Gasteiger partial charge in [-0.25, -0.2) is 0 Å². The van der Waals surface area contributed by atoms with Crippen LogP contribution in [0.25, 0.3) is 6.08 Å². The average Bonchev–Trinajstić information content (AvgIpc) is 3.16. The monoisotopic (exact) mass is 585 g/mol. The van der Waals surface area contributed by atoms with Crippen LogP contribution in [0, 0.1) is 6.92 Å². The molecule has 9 heteroatoms. The van der Waals surface area contributed by atoms with Crippen LogP contribution in [0.5, 0.6) is 17.2 Å². The van der Waals surface area contributed by atoms with Crippen molar-refractivity contribution < 1.29 is 23.8 Å². The summed E-state index contributed by atoms with van der Waals surface area (Å²) in [6.07, 6.45) is 1.63. The molecule has 204 valence electrons. The Morgan fingerprint density at radius 3 is 2.41 bits per heavy atom. The van der Waals surface area contributed by atoms with Crippen molar-refractivity contribution in [3.8, 4) is 17.2 Å². The van der Waals surface area contributed by atoms with Crippen LogP contribution in [0.3, 0.4) is 0 Å². The van der Waals surface area contributed by atoms with Gasteiger partial charge in [0.1, 0.15) is 19.0 Å². The van der Waals surface area contributed by atoms with Gasteiger partial charge in [0.25, 0.3) is 11.1 Å². The van der Waals surface area contributed by atoms with Crippen LogP contribution in [-0.4, -0.2) is 36.3 Å². The summed E-state index contributed by atoms with van der Waals surface area (Å²) in [5, 5.41) is 0.618. The van der Waals surface area contributed by atoms with Crippen LogP contribution in [0.2, 0.25) is 10.0 Å². The minimum Gasteiger partial charge on any atom is -0.493 e. The number of ether oxygens (including phenoxy) is 3. The summed E-state index contributed by atoms with van der Waals surface area (Å²) in [7, 11) is 1.51. The summed E-state index contributed by atoms with van der Waals surface area (Å²) in [6, 6.07) is 16.7. The number of halogens is 2. The van der Waals surface area contributed by atoms with Crippen LogP contribution < -0.4 is 14.2 Å². The number of carbonyl (C=O) groups excluding carboxylic acids is 2. The van der Waals surface area contributed by atoms with Gasteiger partial charge in [0, 0.05) is 5.02 Å². The molecule has 0 unspecified atom stereocenters. The van der Waals surface area contributed by atoms with E-state index in [-0.39, 0.29) is 30.9 Å². The molecule has 0 N–H and O–H groups in total. The van der Waals surface area contributed by atoms with Gasteiger partial charge in [-0.3, -0.25) is 14.5 Å². The van der Waals surface area contributed by atoms with Crippen molar-refractivity contribution in [2.75, 3.05) is 20.3 Å². The Kier molecular flexibility index (Phi) is 9.49. The fourth-order valence-electron chi connectivity index (χ4n) is 4.03. The van der Waals surface area contributed by atoms with Crippen LogP contribution in [0.15, 0.2) is 59.5 Å². The molecule has 0 spiro atoms. The van der Waals surface area contributed by atoms with Gasteiger partial charge >= 0.3 is 0 Å². The minimum atomic E-state index is -0.375. The topological polar surface area (TPSA) is 65.1 Å². The van der Waals surface area contributed by atoms with Crippen LogP contribution in [0.4, 0.5) is 4.79 Å². The highest BCUT2D eigenvalue weighted by Gasteiger charge is 2.35. The maximum absolute atomic E-state index is 13.0. The summed E-state index contributed by atoms with van der Waals surface area (Å²) >= 11 is 13.3. The molecule has 39 heavy (non-hydrogen) atoms. The molecule has 1 fully saturated rings. The number of amides is 2. The Morgan fingerprint density at radius 2 is 1.72 bits per heavy atom. The molecular formula is C30H29Cl2NO5S. The van der Waals surface area contributed by atoms with E-state index in [1.807, 2.05) is 37.3 Å². The first-order chi connectivity index (χ1) is 18.7. The third kappa shape index (κ3) is 7.10. The van der Waals surface area contributed by atoms with Crippen molar-refractivity contribution in [3.63, 3.8) is 0 Å². The van der Waals surface area contributed by atoms with Crippen LogP contribution >= 0.6 is 35.0 Å². The summed E-state index contributed by atoms with van der Waals surface area (Å²) in [6.45, 7) is 6.81. The van der Waals surface area contributed by atoms with Crippen molar-refractivity contribution in [2.45, 2.75) is 33.3 Å². The molecule has 4 rings (SSSR count). The molecule has 0 aliphatic carbocycles. The minimum absolute atomic E-state index is 0.148. The van der Waals surface area contributed by atoms with E-state index in [1.165, 1.54) is 12.0 Å². The van der Waals surface area contributed by atoms with Crippen molar-refractivity contribution >= 4 is 52.2 Å². The van der Waals surface area contributed by atoms with Crippen LogP contribution in [-0.2, 0) is 11.4 Å². The van der Waals surface area contributed by atoms with Crippen molar-refractivity contribution in [1.29, 1.82) is 0 Å². The molecule has 2 amide bonds. The van der Waals surface area contributed by atoms with E-state index in [0.717, 1.165) is 34.2 Å². The first-order valence-electron chi connectivity index (χ1n) is 12.4. The summed E-state index contributed by atoms with van der Waals surface area (Å²) in [5.41, 5.74) is 3.70. The predicted octanol–water partition coefficient (Wildman–Crippen LogP) is 8.13. The van der Waals surface area contributed by atoms with Crippen molar-refractivity contribution in [3.05, 3.63) is 91.8 Å². The van der Waals surface area contributed by atoms with E-state index in [1.54, 1.807) is 30.3 Å². The third-order valence-electron chi connectivity index (χ3n) is 6.08. The maximum Gasteiger partial charge on any atom is 0.293 e. The molecule has 0 saturated carbocycles. The zero-order valence-corrected chi connectivity index (χ0v) is 24.5. The van der Waals surface area contributed by atoms with Gasteiger partial charge in [0.15, 0.2) is 11.5 Å². The lowest BCUT2D eigenvalue weighted by Gasteiger charge is -2.17. The highest BCUT2D eigenvalue weighted by molar-refractivity contribution is 8.18. The van der Waals surface area contributed by atoms with Gasteiger partial charge in [0.05, 0.1) is 23.6 Å². The fourth-order valence-corrected chi connectivity index (χ4v) is 5.30. The van der Waals surface area contributed by atoms with Crippen LogP contribution in [0.1, 0.15) is 42.0 Å². The Hall–Kier alpha value is -3.13. The first kappa shape index (κ1) is 28.9. The predicted molar refractivity (Wildman–Crippen MR) is 157 cm³/mol. The lowest BCUT2D eigenvalue weighted by atomic mass is 10.0. The number of benzene rings is 3. The van der Waals surface area contributed by atoms with E-state index in [2.05, 4.69) is 13.8 Å². The number of carbonyl (C=O) groups is 2. The van der Waals surface area contributed by atoms with Crippen molar-refractivity contribution in [2.24, 2.45) is 0 Å². The van der Waals surface area contributed by atoms with E-state index in [9.17, 15) is 9.59 Å². The Balaban J connectivity index is 1.44. The largest absolute Gasteiger partial charge is 0.493 e. The second-order valence-electron chi connectivity index (χ2n) is 9.33. The molecule has 0 atom stereocenters. The molecule has 3 aromatic carbocycles. The Labute approximate surface area is 242 Å². The number of rotatable bonds is 10. The molecular weight excluding hydrogens is 557 g/mol. The molecule has 1 aliphatic rings. The van der Waals surface area contributed by atoms with Gasteiger partial charge < -0.3 is 14.2 Å². The molecule has 1 saturated heterocycles. The standard InChI is InChI=1S/C30H29Cl2NO5S/c1-18(2)23-10-5-19(3)13-25(23)37-12-11-33-29(34)27(39-30(33)35)16-21-14-24(32)28(26(15-21)36-4)38-17-20-6-8-22(31)9-7-20/h5-10,13-16,18H,11-12,17H2,1-4H3/b27-16-. The number of thioether (sulfide) groups is 1. The zero-order valence-electron chi connectivity index (χ0n) is 22.1. The normalized spacial score (nSPS) is 14.4. The number of aryl methyl sites for hydroxylation is 1. The molecule has 1 heterocycles. The third-order valence-corrected chi connectivity index (χ3v) is 7.52. The average molecular weight is 587 g/mol. The SMILES string of the molecule is COc1cc(/C=C2\SC(=O)N(CCOc3cc(C)ccc3C(C)C)C2=O)cc(Cl)c1OCc1ccc(Cl)cc1. The summed E-state index contributed by atoms with van der Waals surface area (Å²) < 4.78 is 17.4. The summed E-state index contributed by atoms with van der Waals surface area (Å²) in [4.78, 5) is 27.2. The lowest BCUT2D eigenvalue weighted by molar-refractivity contribution is -0.123. The van der Waals surface area contributed by atoms with E-state index < -0.39 is 0 Å². The van der Waals surface area contributed by atoms with Gasteiger partial charge in [-0.1, -0.05) is 61.3 Å². The Bertz CT molecular complexity index is 1410. The number of nitrogens with zero attached hydrogens (tertiary/aromatic N) is 1. The second kappa shape index (κ2) is 12.8. The number of imide groups is 1. The smallest absolute Gasteiger partial charge is 0.293 e. The molecule has 6 nitrogen and oxygen atoms in total. The van der Waals surface area contributed by atoms with Gasteiger partial charge in [-0.05, 0) is 83.3 Å². The molecule has 1 aliphatic heterocycles. The quantitative estimate of drug-likeness (QED) is 0.224. The van der Waals surface area contributed by atoms with Gasteiger partial charge in [0.2, 0.25) is 0 Å². The Morgan fingerprint density at radius 1 is 0.974 bits per heavy atom. The molecule has 0 aromatic heterocycles. The summed E-state index contributed by atoms with van der Waals surface area (Å²) in [5.74, 6) is 1.48. The molecule has 0 radical (unpaired) electrons. The van der Waals surface area contributed by atoms with Crippen molar-refractivity contribution in [1.82, 2.24) is 4.90 Å². The zero-order chi connectivity index (χ0) is 28.1. The van der Waals surface area contributed by atoms with Gasteiger partial charge in [-0.2, -0.15) is 0 Å². The fraction of sp³-hybridized carbons (Fsp3) is 0.267. The van der Waals surface area contributed by atoms with E-state index in [0.29, 0.717) is 37.9 Å². The number of methoxy groups -OCH3 is 1.